The van der Waals surface area contributed by atoms with Crippen LogP contribution in [0.1, 0.15) is 36.0 Å². The summed E-state index contributed by atoms with van der Waals surface area (Å²) in [5.41, 5.74) is 5.97. The number of benzene rings is 1. The number of nitrogens with two attached hydrogens (primary N) is 1. The van der Waals surface area contributed by atoms with Gasteiger partial charge in [-0.05, 0) is 18.2 Å². The van der Waals surface area contributed by atoms with Crippen molar-refractivity contribution in [2.24, 2.45) is 0 Å². The topological polar surface area (TPSA) is 114 Å². The lowest BCUT2D eigenvalue weighted by Gasteiger charge is -2.10. The second kappa shape index (κ2) is 8.74. The predicted octanol–water partition coefficient (Wildman–Crippen LogP) is 2.92. The molecule has 0 aliphatic heterocycles. The van der Waals surface area contributed by atoms with Crippen molar-refractivity contribution in [2.45, 2.75) is 6.61 Å². The Morgan fingerprint density at radius 3 is 2.33 bits per heavy atom. The van der Waals surface area contributed by atoms with Crippen LogP contribution in [0.4, 0.5) is 5.00 Å². The third-order valence-electron chi connectivity index (χ3n) is 3.52. The molecule has 2 aromatic rings. The summed E-state index contributed by atoms with van der Waals surface area (Å²) in [6.07, 6.45) is 0. The lowest BCUT2D eigenvalue weighted by molar-refractivity contribution is 0.0449. The quantitative estimate of drug-likeness (QED) is 0.567. The number of esters is 3. The van der Waals surface area contributed by atoms with E-state index in [9.17, 15) is 14.4 Å². The number of anilines is 1. The van der Waals surface area contributed by atoms with Crippen LogP contribution in [0.15, 0.2) is 18.2 Å². The summed E-state index contributed by atoms with van der Waals surface area (Å²) in [7, 11) is 3.75. The Morgan fingerprint density at radius 1 is 1.07 bits per heavy atom. The van der Waals surface area contributed by atoms with Gasteiger partial charge in [0.05, 0.1) is 21.3 Å². The van der Waals surface area contributed by atoms with Gasteiger partial charge >= 0.3 is 17.9 Å². The molecule has 0 amide bonds. The summed E-state index contributed by atoms with van der Waals surface area (Å²) in [6.45, 7) is -0.406. The Bertz CT molecular complexity index is 894. The summed E-state index contributed by atoms with van der Waals surface area (Å²) >= 11 is 6.75. The van der Waals surface area contributed by atoms with Gasteiger partial charge in [-0.3, -0.25) is 0 Å². The van der Waals surface area contributed by atoms with E-state index in [0.717, 1.165) is 11.3 Å². The Morgan fingerprint density at radius 2 is 1.74 bits per heavy atom. The maximum Gasteiger partial charge on any atom is 0.348 e. The molecule has 1 aromatic carbocycles. The van der Waals surface area contributed by atoms with Crippen molar-refractivity contribution in [1.29, 1.82) is 0 Å². The largest absolute Gasteiger partial charge is 0.496 e. The third-order valence-corrected chi connectivity index (χ3v) is 4.80. The van der Waals surface area contributed by atoms with Crippen LogP contribution >= 0.6 is 22.9 Å². The zero-order chi connectivity index (χ0) is 20.1. The average molecular weight is 414 g/mol. The molecule has 0 atom stereocenters. The number of hydrogen-bond donors (Lipinski definition) is 1. The Hall–Kier alpha value is -2.78. The molecule has 0 saturated carbocycles. The minimum Gasteiger partial charge on any atom is -0.496 e. The summed E-state index contributed by atoms with van der Waals surface area (Å²) in [4.78, 5) is 36.5. The van der Waals surface area contributed by atoms with Gasteiger partial charge in [0.15, 0.2) is 0 Å². The van der Waals surface area contributed by atoms with E-state index in [1.165, 1.54) is 33.5 Å². The van der Waals surface area contributed by atoms with Crippen molar-refractivity contribution in [3.8, 4) is 5.75 Å². The number of halogens is 1. The van der Waals surface area contributed by atoms with E-state index in [-0.39, 0.29) is 32.3 Å². The molecule has 0 unspecified atom stereocenters. The fourth-order valence-electron chi connectivity index (χ4n) is 2.26. The molecular formula is C17H16ClNO7S. The van der Waals surface area contributed by atoms with Crippen molar-refractivity contribution in [3.05, 3.63) is 44.8 Å². The number of thiophene rings is 1. The van der Waals surface area contributed by atoms with Crippen LogP contribution in [-0.2, 0) is 20.8 Å². The molecule has 0 saturated heterocycles. The highest BCUT2D eigenvalue weighted by Gasteiger charge is 2.28. The Kier molecular flexibility index (Phi) is 6.65. The third kappa shape index (κ3) is 4.32. The van der Waals surface area contributed by atoms with Crippen molar-refractivity contribution >= 4 is 45.8 Å². The van der Waals surface area contributed by atoms with E-state index in [1.54, 1.807) is 6.07 Å². The number of hydrogen-bond acceptors (Lipinski definition) is 9. The molecule has 2 N–H and O–H groups in total. The van der Waals surface area contributed by atoms with Crippen molar-refractivity contribution in [1.82, 2.24) is 0 Å². The first kappa shape index (κ1) is 20.5. The van der Waals surface area contributed by atoms with E-state index < -0.39 is 24.5 Å². The molecule has 0 aliphatic rings. The minimum atomic E-state index is -0.759. The first-order chi connectivity index (χ1) is 12.8. The van der Waals surface area contributed by atoms with E-state index in [1.807, 2.05) is 0 Å². The van der Waals surface area contributed by atoms with Gasteiger partial charge in [-0.15, -0.1) is 11.3 Å². The fraction of sp³-hybridized carbons (Fsp3) is 0.235. The fourth-order valence-corrected chi connectivity index (χ4v) is 3.41. The van der Waals surface area contributed by atoms with Crippen molar-refractivity contribution in [2.75, 3.05) is 27.1 Å². The molecule has 0 fully saturated rings. The molecule has 0 spiro atoms. The first-order valence-corrected chi connectivity index (χ1v) is 8.61. The first-order valence-electron chi connectivity index (χ1n) is 7.42. The number of carbonyl (C=O) groups excluding carboxylic acids is 3. The summed E-state index contributed by atoms with van der Waals surface area (Å²) in [5.74, 6) is -1.97. The lowest BCUT2D eigenvalue weighted by atomic mass is 10.1. The number of methoxy groups -OCH3 is 3. The zero-order valence-electron chi connectivity index (χ0n) is 14.7. The molecular weight excluding hydrogens is 398 g/mol. The van der Waals surface area contributed by atoms with Crippen LogP contribution < -0.4 is 10.5 Å². The summed E-state index contributed by atoms with van der Waals surface area (Å²) in [6, 6.07) is 4.45. The predicted molar refractivity (Wildman–Crippen MR) is 98.5 cm³/mol. The molecule has 2 rings (SSSR count). The summed E-state index contributed by atoms with van der Waals surface area (Å²) in [5, 5.41) is 0.363. The van der Waals surface area contributed by atoms with Crippen LogP contribution in [0.2, 0.25) is 5.02 Å². The molecule has 1 heterocycles. The SMILES string of the molecule is COC(=O)c1sc(N)c(C(=O)OC)c1COC(=O)c1cc(Cl)ccc1OC. The van der Waals surface area contributed by atoms with Crippen molar-refractivity contribution in [3.63, 3.8) is 0 Å². The van der Waals surface area contributed by atoms with Gasteiger partial charge in [0.25, 0.3) is 0 Å². The Balaban J connectivity index is 2.37. The Labute approximate surface area is 163 Å². The van der Waals surface area contributed by atoms with Crippen molar-refractivity contribution < 1.29 is 33.3 Å². The van der Waals surface area contributed by atoms with Gasteiger partial charge < -0.3 is 24.7 Å². The maximum absolute atomic E-state index is 12.4. The smallest absolute Gasteiger partial charge is 0.348 e. The van der Waals surface area contributed by atoms with E-state index in [2.05, 4.69) is 9.47 Å². The average Bonchev–Trinajstić information content (AvgIpc) is 3.00. The van der Waals surface area contributed by atoms with Gasteiger partial charge in [-0.25, -0.2) is 14.4 Å². The second-order valence-electron chi connectivity index (χ2n) is 5.05. The molecule has 0 radical (unpaired) electrons. The van der Waals surface area contributed by atoms with Crippen LogP contribution in [0.5, 0.6) is 5.75 Å². The van der Waals surface area contributed by atoms with Gasteiger partial charge in [-0.1, -0.05) is 11.6 Å². The normalized spacial score (nSPS) is 10.2. The lowest BCUT2D eigenvalue weighted by Crippen LogP contribution is -2.13. The zero-order valence-corrected chi connectivity index (χ0v) is 16.2. The number of rotatable bonds is 6. The van der Waals surface area contributed by atoms with Crippen LogP contribution in [0.3, 0.4) is 0 Å². The molecule has 27 heavy (non-hydrogen) atoms. The van der Waals surface area contributed by atoms with Crippen LogP contribution in [0, 0.1) is 0 Å². The van der Waals surface area contributed by atoms with E-state index in [4.69, 9.17) is 26.8 Å². The highest BCUT2D eigenvalue weighted by atomic mass is 35.5. The number of ether oxygens (including phenoxy) is 4. The minimum absolute atomic E-state index is 0.0428. The molecule has 0 bridgehead atoms. The highest BCUT2D eigenvalue weighted by Crippen LogP contribution is 2.33. The summed E-state index contributed by atoms with van der Waals surface area (Å²) < 4.78 is 19.7. The van der Waals surface area contributed by atoms with Gasteiger partial charge in [0, 0.05) is 10.6 Å². The van der Waals surface area contributed by atoms with Crippen LogP contribution in [-0.4, -0.2) is 39.2 Å². The molecule has 8 nitrogen and oxygen atoms in total. The van der Waals surface area contributed by atoms with Crippen LogP contribution in [0.25, 0.3) is 0 Å². The maximum atomic E-state index is 12.4. The monoisotopic (exact) mass is 413 g/mol. The van der Waals surface area contributed by atoms with E-state index >= 15 is 0 Å². The molecule has 10 heteroatoms. The molecule has 0 aliphatic carbocycles. The standard InChI is InChI=1S/C17H16ClNO7S/c1-23-11-5-4-8(18)6-9(11)15(20)26-7-10-12(16(21)24-2)14(19)27-13(10)17(22)25-3/h4-6H,7,19H2,1-3H3. The molecule has 1 aromatic heterocycles. The van der Waals surface area contributed by atoms with E-state index in [0.29, 0.717) is 5.02 Å². The molecule has 144 valence electrons. The number of nitrogen functional groups attached to an aromatic ring is 1. The van der Waals surface area contributed by atoms with Gasteiger partial charge in [0.2, 0.25) is 0 Å². The highest BCUT2D eigenvalue weighted by molar-refractivity contribution is 7.18. The van der Waals surface area contributed by atoms with Gasteiger partial charge in [-0.2, -0.15) is 0 Å². The number of carbonyl (C=O) groups is 3. The second-order valence-corrected chi connectivity index (χ2v) is 6.54. The van der Waals surface area contributed by atoms with Gasteiger partial charge in [0.1, 0.15) is 33.4 Å².